The van der Waals surface area contributed by atoms with Gasteiger partial charge in [0, 0.05) is 53.3 Å². The minimum atomic E-state index is 0.622. The molecule has 0 aliphatic carbocycles. The zero-order chi connectivity index (χ0) is 40.4. The number of aryl methyl sites for hydroxylation is 1. The summed E-state index contributed by atoms with van der Waals surface area (Å²) >= 11 is 1.84. The van der Waals surface area contributed by atoms with Crippen LogP contribution in [0.25, 0.3) is 115 Å². The van der Waals surface area contributed by atoms with Crippen molar-refractivity contribution in [1.82, 2.24) is 19.5 Å². The first-order valence-electron chi connectivity index (χ1n) is 20.6. The Morgan fingerprint density at radius 2 is 1.02 bits per heavy atom. The van der Waals surface area contributed by atoms with Crippen molar-refractivity contribution < 1.29 is 0 Å². The van der Waals surface area contributed by atoms with Crippen molar-refractivity contribution in [2.75, 3.05) is 0 Å². The quantitative estimate of drug-likeness (QED) is 0.168. The summed E-state index contributed by atoms with van der Waals surface area (Å²) < 4.78 is 4.81. The van der Waals surface area contributed by atoms with E-state index in [1.165, 1.54) is 30.9 Å². The van der Waals surface area contributed by atoms with Gasteiger partial charge in [-0.2, -0.15) is 0 Å². The van der Waals surface area contributed by atoms with Gasteiger partial charge in [-0.25, -0.2) is 15.0 Å². The molecule has 0 bridgehead atoms. The van der Waals surface area contributed by atoms with E-state index in [1.807, 2.05) is 11.3 Å². The van der Waals surface area contributed by atoms with Crippen LogP contribution < -0.4 is 0 Å². The zero-order valence-electron chi connectivity index (χ0n) is 33.2. The van der Waals surface area contributed by atoms with Crippen LogP contribution in [-0.4, -0.2) is 19.5 Å². The average Bonchev–Trinajstić information content (AvgIpc) is 3.88. The van der Waals surface area contributed by atoms with Crippen LogP contribution in [0, 0.1) is 6.92 Å². The average molecular weight is 797 g/mol. The maximum absolute atomic E-state index is 5.56. The van der Waals surface area contributed by atoms with Crippen molar-refractivity contribution in [3.63, 3.8) is 0 Å². The number of nitrogens with zero attached hydrogens (tertiary/aromatic N) is 4. The van der Waals surface area contributed by atoms with Crippen LogP contribution in [0.15, 0.2) is 200 Å². The second-order valence-corrected chi connectivity index (χ2v) is 16.7. The molecule has 0 radical (unpaired) electrons. The molecule has 0 unspecified atom stereocenters. The lowest BCUT2D eigenvalue weighted by molar-refractivity contribution is 1.07. The molecule has 0 spiro atoms. The van der Waals surface area contributed by atoms with Gasteiger partial charge in [0.15, 0.2) is 17.5 Å². The third kappa shape index (κ3) is 5.93. The van der Waals surface area contributed by atoms with E-state index in [0.717, 1.165) is 72.0 Å². The Labute approximate surface area is 356 Å². The monoisotopic (exact) mass is 796 g/mol. The van der Waals surface area contributed by atoms with E-state index in [1.54, 1.807) is 0 Å². The first-order valence-corrected chi connectivity index (χ1v) is 21.4. The van der Waals surface area contributed by atoms with Crippen molar-refractivity contribution in [1.29, 1.82) is 0 Å². The highest BCUT2D eigenvalue weighted by Gasteiger charge is 2.23. The molecule has 5 heteroatoms. The zero-order valence-corrected chi connectivity index (χ0v) is 34.1. The number of para-hydroxylation sites is 3. The standard InChI is InChI=1S/C56H36N4S/c1-35-30-39(36-16-5-2-6-17-36)32-41(31-35)54-57-55(47-26-15-25-45-44-24-13-14-27-49(44)60(52(45)47)42-21-9-4-10-22-42)59-56(58-54)48-33-40(37-18-7-3-8-19-37)34-50-51(48)46-29-28-38-20-11-12-23-43(38)53(46)61-50/h2-34H,1H3. The Kier molecular flexibility index (Phi) is 8.22. The molecular formula is C56H36N4S. The number of thiophene rings is 1. The first-order chi connectivity index (χ1) is 30.1. The number of hydrogen-bond donors (Lipinski definition) is 0. The molecular weight excluding hydrogens is 761 g/mol. The van der Waals surface area contributed by atoms with E-state index < -0.39 is 0 Å². The minimum absolute atomic E-state index is 0.622. The summed E-state index contributed by atoms with van der Waals surface area (Å²) in [4.78, 5) is 16.5. The van der Waals surface area contributed by atoms with Crippen molar-refractivity contribution in [3.8, 4) is 62.1 Å². The molecule has 3 heterocycles. The van der Waals surface area contributed by atoms with Gasteiger partial charge in [0.1, 0.15) is 0 Å². The number of aromatic nitrogens is 4. The van der Waals surface area contributed by atoms with Crippen LogP contribution in [0.3, 0.4) is 0 Å². The third-order valence-electron chi connectivity index (χ3n) is 11.8. The molecule has 12 aromatic rings. The van der Waals surface area contributed by atoms with E-state index >= 15 is 0 Å². The van der Waals surface area contributed by atoms with Gasteiger partial charge in [-0.3, -0.25) is 0 Å². The lowest BCUT2D eigenvalue weighted by Crippen LogP contribution is -2.03. The highest BCUT2D eigenvalue weighted by Crippen LogP contribution is 2.45. The smallest absolute Gasteiger partial charge is 0.166 e. The van der Waals surface area contributed by atoms with E-state index in [-0.39, 0.29) is 0 Å². The van der Waals surface area contributed by atoms with Crippen molar-refractivity contribution >= 4 is 64.1 Å². The van der Waals surface area contributed by atoms with E-state index in [9.17, 15) is 0 Å². The maximum Gasteiger partial charge on any atom is 0.166 e. The number of rotatable bonds is 6. The second kappa shape index (κ2) is 14.2. The molecule has 0 amide bonds. The van der Waals surface area contributed by atoms with Gasteiger partial charge in [-0.15, -0.1) is 11.3 Å². The summed E-state index contributed by atoms with van der Waals surface area (Å²) in [6, 6.07) is 71.4. The lowest BCUT2D eigenvalue weighted by Gasteiger charge is -2.14. The van der Waals surface area contributed by atoms with Crippen molar-refractivity contribution in [3.05, 3.63) is 206 Å². The molecule has 0 atom stereocenters. The van der Waals surface area contributed by atoms with Gasteiger partial charge in [-0.05, 0) is 94.0 Å². The Balaban J connectivity index is 1.20. The third-order valence-corrected chi connectivity index (χ3v) is 13.0. The van der Waals surface area contributed by atoms with E-state index in [2.05, 4.69) is 212 Å². The number of hydrogen-bond acceptors (Lipinski definition) is 4. The van der Waals surface area contributed by atoms with Gasteiger partial charge in [0.05, 0.1) is 11.0 Å². The second-order valence-electron chi connectivity index (χ2n) is 15.7. The van der Waals surface area contributed by atoms with Gasteiger partial charge in [0.25, 0.3) is 0 Å². The molecule has 0 saturated carbocycles. The molecule has 3 aromatic heterocycles. The van der Waals surface area contributed by atoms with Crippen LogP contribution >= 0.6 is 11.3 Å². The van der Waals surface area contributed by atoms with Crippen LogP contribution in [0.5, 0.6) is 0 Å². The van der Waals surface area contributed by atoms with Crippen molar-refractivity contribution in [2.45, 2.75) is 6.92 Å². The van der Waals surface area contributed by atoms with Gasteiger partial charge < -0.3 is 4.57 Å². The molecule has 0 aliphatic rings. The largest absolute Gasteiger partial charge is 0.309 e. The summed E-state index contributed by atoms with van der Waals surface area (Å²) in [5, 5.41) is 7.15. The normalized spacial score (nSPS) is 11.7. The molecule has 4 nitrogen and oxygen atoms in total. The van der Waals surface area contributed by atoms with Gasteiger partial charge >= 0.3 is 0 Å². The summed E-state index contributed by atoms with van der Waals surface area (Å²) in [5.74, 6) is 1.89. The summed E-state index contributed by atoms with van der Waals surface area (Å²) in [6.07, 6.45) is 0. The van der Waals surface area contributed by atoms with Crippen LogP contribution in [0.1, 0.15) is 5.56 Å². The highest BCUT2D eigenvalue weighted by atomic mass is 32.1. The minimum Gasteiger partial charge on any atom is -0.309 e. The van der Waals surface area contributed by atoms with Crippen LogP contribution in [-0.2, 0) is 0 Å². The summed E-state index contributed by atoms with van der Waals surface area (Å²) in [5.41, 5.74) is 11.8. The Hall–Kier alpha value is -7.73. The lowest BCUT2D eigenvalue weighted by atomic mass is 9.97. The Morgan fingerprint density at radius 3 is 1.79 bits per heavy atom. The van der Waals surface area contributed by atoms with Crippen LogP contribution in [0.4, 0.5) is 0 Å². The molecule has 0 N–H and O–H groups in total. The van der Waals surface area contributed by atoms with E-state index in [0.29, 0.717) is 17.5 Å². The molecule has 0 aliphatic heterocycles. The summed E-state index contributed by atoms with van der Waals surface area (Å²) in [7, 11) is 0. The topological polar surface area (TPSA) is 43.6 Å². The molecule has 61 heavy (non-hydrogen) atoms. The molecule has 286 valence electrons. The first kappa shape index (κ1) is 35.2. The maximum atomic E-state index is 5.56. The summed E-state index contributed by atoms with van der Waals surface area (Å²) in [6.45, 7) is 2.15. The van der Waals surface area contributed by atoms with Gasteiger partial charge in [-0.1, -0.05) is 152 Å². The number of fused-ring (bicyclic) bond motifs is 8. The fourth-order valence-electron chi connectivity index (χ4n) is 9.11. The van der Waals surface area contributed by atoms with Crippen LogP contribution in [0.2, 0.25) is 0 Å². The van der Waals surface area contributed by atoms with E-state index in [4.69, 9.17) is 15.0 Å². The number of benzene rings is 9. The van der Waals surface area contributed by atoms with Gasteiger partial charge in [0.2, 0.25) is 0 Å². The molecule has 9 aromatic carbocycles. The Morgan fingerprint density at radius 1 is 0.410 bits per heavy atom. The van der Waals surface area contributed by atoms with Crippen molar-refractivity contribution in [2.24, 2.45) is 0 Å². The molecule has 0 saturated heterocycles. The predicted octanol–water partition coefficient (Wildman–Crippen LogP) is 15.1. The fraction of sp³-hybridized carbons (Fsp3) is 0.0179. The predicted molar refractivity (Wildman–Crippen MR) is 256 cm³/mol. The SMILES string of the molecule is Cc1cc(-c2ccccc2)cc(-c2nc(-c3cc(-c4ccccc4)cc4sc5c6ccccc6ccc5c34)nc(-c3cccc4c5ccccc5n(-c5ccccc5)c34)n2)c1. The fourth-order valence-corrected chi connectivity index (χ4v) is 10.4. The molecule has 0 fully saturated rings. The molecule has 12 rings (SSSR count). The Bertz CT molecular complexity index is 3650. The highest BCUT2D eigenvalue weighted by molar-refractivity contribution is 7.26.